The van der Waals surface area contributed by atoms with Gasteiger partial charge in [0.15, 0.2) is 0 Å². The molecule has 0 aromatic rings. The summed E-state index contributed by atoms with van der Waals surface area (Å²) in [6.07, 6.45) is 1.08. The van der Waals surface area contributed by atoms with Gasteiger partial charge in [0.1, 0.15) is 13.2 Å². The second-order valence-corrected chi connectivity index (χ2v) is 4.68. The van der Waals surface area contributed by atoms with Gasteiger partial charge in [0, 0.05) is 5.57 Å². The van der Waals surface area contributed by atoms with E-state index in [0.29, 0.717) is 12.2 Å². The molecule has 0 aromatic heterocycles. The van der Waals surface area contributed by atoms with Gasteiger partial charge < -0.3 is 9.22 Å². The lowest BCUT2D eigenvalue weighted by atomic mass is 10.4. The average molecular weight is 262 g/mol. The highest BCUT2D eigenvalue weighted by Gasteiger charge is 2.04. The SMILES string of the molecule is C=COC(=O)C(=C)C.C[N+](C)(C)CCOP=O. The van der Waals surface area contributed by atoms with Gasteiger partial charge >= 0.3 is 14.7 Å². The minimum atomic E-state index is -0.431. The van der Waals surface area contributed by atoms with Crippen molar-refractivity contribution in [1.82, 2.24) is 0 Å². The number of carbonyl (C=O) groups excluding carboxylic acids is 1. The van der Waals surface area contributed by atoms with Crippen molar-refractivity contribution < 1.29 is 23.1 Å². The van der Waals surface area contributed by atoms with Gasteiger partial charge in [0.05, 0.1) is 27.4 Å². The van der Waals surface area contributed by atoms with Crippen LogP contribution in [0.4, 0.5) is 0 Å². The van der Waals surface area contributed by atoms with E-state index in [1.54, 1.807) is 6.92 Å². The number of quaternary nitrogens is 1. The first-order chi connectivity index (χ1) is 7.74. The molecule has 0 heterocycles. The van der Waals surface area contributed by atoms with Crippen molar-refractivity contribution in [3.63, 3.8) is 0 Å². The molecule has 0 aromatic carbocycles. The number of likely N-dealkylation sites (N-methyl/N-ethyl adjacent to an activating group) is 1. The van der Waals surface area contributed by atoms with Gasteiger partial charge in [-0.15, -0.1) is 0 Å². The van der Waals surface area contributed by atoms with Gasteiger partial charge in [-0.3, -0.25) is 4.52 Å². The van der Waals surface area contributed by atoms with Crippen molar-refractivity contribution in [1.29, 1.82) is 0 Å². The lowest BCUT2D eigenvalue weighted by Gasteiger charge is -2.22. The molecule has 0 fully saturated rings. The van der Waals surface area contributed by atoms with Crippen LogP contribution in [0.2, 0.25) is 0 Å². The molecule has 0 radical (unpaired) electrons. The lowest BCUT2D eigenvalue weighted by Crippen LogP contribution is -2.37. The second kappa shape index (κ2) is 10.1. The molecule has 0 spiro atoms. The predicted octanol–water partition coefficient (Wildman–Crippen LogP) is 2.17. The van der Waals surface area contributed by atoms with Gasteiger partial charge in [-0.25, -0.2) is 9.36 Å². The van der Waals surface area contributed by atoms with E-state index >= 15 is 0 Å². The molecule has 0 amide bonds. The first kappa shape index (κ1) is 18.3. The monoisotopic (exact) mass is 262 g/mol. The molecular formula is C11H21NO4P+. The third-order valence-corrected chi connectivity index (χ3v) is 1.73. The summed E-state index contributed by atoms with van der Waals surface area (Å²) in [6, 6.07) is 0. The normalized spacial score (nSPS) is 10.1. The molecule has 17 heavy (non-hydrogen) atoms. The molecule has 0 aliphatic heterocycles. The number of nitrogens with zero attached hydrogens (tertiary/aromatic N) is 1. The van der Waals surface area contributed by atoms with E-state index in [9.17, 15) is 9.36 Å². The Balaban J connectivity index is 0. The molecule has 0 saturated heterocycles. The van der Waals surface area contributed by atoms with E-state index in [2.05, 4.69) is 43.6 Å². The van der Waals surface area contributed by atoms with Crippen LogP contribution in [0.5, 0.6) is 0 Å². The summed E-state index contributed by atoms with van der Waals surface area (Å²) < 4.78 is 19.5. The maximum Gasteiger partial charge on any atom is 0.337 e. The number of ether oxygens (including phenoxy) is 1. The van der Waals surface area contributed by atoms with Crippen LogP contribution in [0.3, 0.4) is 0 Å². The summed E-state index contributed by atoms with van der Waals surface area (Å²) in [4.78, 5) is 10.3. The Morgan fingerprint density at radius 3 is 2.18 bits per heavy atom. The standard InChI is InChI=1S/C6H8O2.C5H13NO2P/c1-4-8-6(7)5(2)3;1-6(2,3)4-5-8-9-7/h4H,1-2H2,3H3;4-5H2,1-3H3/q;+1. The molecule has 5 nitrogen and oxygen atoms in total. The van der Waals surface area contributed by atoms with Gasteiger partial charge in [-0.2, -0.15) is 0 Å². The fourth-order valence-electron chi connectivity index (χ4n) is 0.528. The zero-order chi connectivity index (χ0) is 13.9. The minimum absolute atomic E-state index is 0.217. The number of hydrogen-bond donors (Lipinski definition) is 0. The molecule has 0 N–H and O–H groups in total. The molecule has 0 saturated carbocycles. The fraction of sp³-hybridized carbons (Fsp3) is 0.545. The zero-order valence-corrected chi connectivity index (χ0v) is 11.8. The van der Waals surface area contributed by atoms with Crippen molar-refractivity contribution in [2.24, 2.45) is 0 Å². The van der Waals surface area contributed by atoms with Gasteiger partial charge in [0.25, 0.3) is 0 Å². The van der Waals surface area contributed by atoms with Crippen LogP contribution in [0.15, 0.2) is 25.0 Å². The molecule has 0 bridgehead atoms. The largest absolute Gasteiger partial charge is 0.432 e. The molecule has 0 unspecified atom stereocenters. The Labute approximate surface area is 105 Å². The molecule has 0 atom stereocenters. The molecule has 0 aliphatic carbocycles. The first-order valence-electron chi connectivity index (χ1n) is 4.97. The number of hydrogen-bond acceptors (Lipinski definition) is 4. The van der Waals surface area contributed by atoms with Crippen molar-refractivity contribution in [2.75, 3.05) is 34.3 Å². The van der Waals surface area contributed by atoms with Crippen LogP contribution in [-0.4, -0.2) is 44.7 Å². The highest BCUT2D eigenvalue weighted by Crippen LogP contribution is 1.96. The van der Waals surface area contributed by atoms with E-state index in [1.807, 2.05) is 0 Å². The molecule has 0 aliphatic rings. The molecule has 0 rings (SSSR count). The highest BCUT2D eigenvalue weighted by molar-refractivity contribution is 7.17. The Bertz CT molecular complexity index is 271. The quantitative estimate of drug-likeness (QED) is 0.184. The van der Waals surface area contributed by atoms with Crippen LogP contribution in [0.1, 0.15) is 6.92 Å². The van der Waals surface area contributed by atoms with Gasteiger partial charge in [-0.1, -0.05) is 13.2 Å². The van der Waals surface area contributed by atoms with E-state index in [-0.39, 0.29) is 8.69 Å². The summed E-state index contributed by atoms with van der Waals surface area (Å²) in [5.41, 5.74) is 0.380. The Morgan fingerprint density at radius 2 is 1.94 bits per heavy atom. The van der Waals surface area contributed by atoms with E-state index in [4.69, 9.17) is 0 Å². The zero-order valence-electron chi connectivity index (χ0n) is 10.9. The smallest absolute Gasteiger partial charge is 0.337 e. The van der Waals surface area contributed by atoms with Gasteiger partial charge in [-0.05, 0) is 6.92 Å². The third kappa shape index (κ3) is 17.6. The van der Waals surface area contributed by atoms with E-state index in [1.165, 1.54) is 0 Å². The fourth-order valence-corrected chi connectivity index (χ4v) is 0.684. The average Bonchev–Trinajstić information content (AvgIpc) is 2.17. The van der Waals surface area contributed by atoms with Crippen LogP contribution in [-0.2, 0) is 18.6 Å². The summed E-state index contributed by atoms with van der Waals surface area (Å²) in [5.74, 6) is -0.431. The summed E-state index contributed by atoms with van der Waals surface area (Å²) in [7, 11) is 5.96. The van der Waals surface area contributed by atoms with Crippen molar-refractivity contribution in [2.45, 2.75) is 6.92 Å². The molecule has 98 valence electrons. The number of rotatable bonds is 6. The Kier molecular flexibility index (Phi) is 10.9. The third-order valence-electron chi connectivity index (χ3n) is 1.44. The van der Waals surface area contributed by atoms with Crippen molar-refractivity contribution >= 4 is 14.7 Å². The Morgan fingerprint density at radius 1 is 1.41 bits per heavy atom. The molecular weight excluding hydrogens is 241 g/mol. The van der Waals surface area contributed by atoms with E-state index < -0.39 is 5.97 Å². The summed E-state index contributed by atoms with van der Waals surface area (Å²) in [5, 5.41) is 0. The maximum absolute atomic E-state index is 10.3. The predicted molar refractivity (Wildman–Crippen MR) is 67.6 cm³/mol. The van der Waals surface area contributed by atoms with Crippen LogP contribution in [0.25, 0.3) is 0 Å². The number of carbonyl (C=O) groups is 1. The maximum atomic E-state index is 10.3. The topological polar surface area (TPSA) is 52.6 Å². The van der Waals surface area contributed by atoms with Gasteiger partial charge in [0.2, 0.25) is 0 Å². The Hall–Kier alpha value is -1.03. The van der Waals surface area contributed by atoms with E-state index in [0.717, 1.165) is 17.3 Å². The number of esters is 1. The second-order valence-electron chi connectivity index (χ2n) is 4.27. The molecule has 6 heteroatoms. The summed E-state index contributed by atoms with van der Waals surface area (Å²) >= 11 is 0. The first-order valence-corrected chi connectivity index (χ1v) is 5.70. The minimum Gasteiger partial charge on any atom is -0.432 e. The highest BCUT2D eigenvalue weighted by atomic mass is 31.1. The van der Waals surface area contributed by atoms with Crippen LogP contribution < -0.4 is 0 Å². The van der Waals surface area contributed by atoms with Crippen LogP contribution in [0, 0.1) is 0 Å². The lowest BCUT2D eigenvalue weighted by molar-refractivity contribution is -0.870. The van der Waals surface area contributed by atoms with Crippen molar-refractivity contribution in [3.05, 3.63) is 25.0 Å². The summed E-state index contributed by atoms with van der Waals surface area (Å²) in [6.45, 7) is 9.56. The van der Waals surface area contributed by atoms with Crippen LogP contribution >= 0.6 is 8.69 Å². The van der Waals surface area contributed by atoms with Crippen molar-refractivity contribution in [3.8, 4) is 0 Å².